The average molecular weight is 281 g/mol. The Kier molecular flexibility index (Phi) is 5.60. The minimum absolute atomic E-state index is 0.149. The molecule has 0 aliphatic carbocycles. The van der Waals surface area contributed by atoms with E-state index in [0.717, 1.165) is 0 Å². The zero-order valence-corrected chi connectivity index (χ0v) is 10.8. The van der Waals surface area contributed by atoms with Crippen LogP contribution >= 0.6 is 0 Å². The Morgan fingerprint density at radius 3 is 2.70 bits per heavy atom. The van der Waals surface area contributed by atoms with Crippen molar-refractivity contribution in [2.75, 3.05) is 11.9 Å². The number of likely N-dealkylation sites (N-methyl/N-ethyl adjacent to an activating group) is 1. The number of carboxylic acids is 1. The lowest BCUT2D eigenvalue weighted by Crippen LogP contribution is -2.39. The number of carbonyl (C=O) groups is 2. The van der Waals surface area contributed by atoms with E-state index in [1.54, 1.807) is 6.92 Å². The predicted octanol–water partition coefficient (Wildman–Crippen LogP) is 0.986. The van der Waals surface area contributed by atoms with Crippen LogP contribution < -0.4 is 10.6 Å². The number of carbonyl (C=O) groups excluding carboxylic acids is 1. The molecule has 1 rings (SSSR count). The Bertz CT molecular complexity index is 518. The molecule has 1 unspecified atom stereocenters. The highest BCUT2D eigenvalue weighted by Gasteiger charge is 2.20. The van der Waals surface area contributed by atoms with Crippen LogP contribution in [0.1, 0.15) is 13.3 Å². The smallest absolute Gasteiger partial charge is 0.321 e. The van der Waals surface area contributed by atoms with Gasteiger partial charge in [-0.3, -0.25) is 19.7 Å². The number of rotatable bonds is 7. The first-order valence-electron chi connectivity index (χ1n) is 5.94. The summed E-state index contributed by atoms with van der Waals surface area (Å²) in [7, 11) is 0. The number of aliphatic carboxylic acids is 1. The van der Waals surface area contributed by atoms with E-state index in [9.17, 15) is 19.7 Å². The van der Waals surface area contributed by atoms with E-state index in [4.69, 9.17) is 5.11 Å². The summed E-state index contributed by atoms with van der Waals surface area (Å²) in [6, 6.07) is 4.45. The molecule has 3 N–H and O–H groups in total. The zero-order valence-electron chi connectivity index (χ0n) is 10.8. The number of benzene rings is 1. The molecule has 20 heavy (non-hydrogen) atoms. The Balaban J connectivity index is 2.68. The number of amides is 1. The van der Waals surface area contributed by atoms with Gasteiger partial charge in [0, 0.05) is 17.8 Å². The SMILES string of the molecule is CCNC(CC(=O)Nc1cccc([N+](=O)[O-])c1)C(=O)O. The van der Waals surface area contributed by atoms with Crippen LogP contribution in [0.4, 0.5) is 11.4 Å². The van der Waals surface area contributed by atoms with Crippen molar-refractivity contribution in [3.05, 3.63) is 34.4 Å². The molecule has 0 aromatic heterocycles. The molecule has 0 heterocycles. The van der Waals surface area contributed by atoms with Crippen LogP contribution in [0, 0.1) is 10.1 Å². The molecule has 0 saturated carbocycles. The van der Waals surface area contributed by atoms with Gasteiger partial charge in [0.2, 0.25) is 5.91 Å². The van der Waals surface area contributed by atoms with Gasteiger partial charge in [0.15, 0.2) is 0 Å². The van der Waals surface area contributed by atoms with Crippen LogP contribution in [0.2, 0.25) is 0 Å². The maximum Gasteiger partial charge on any atom is 0.321 e. The molecule has 0 aliphatic rings. The van der Waals surface area contributed by atoms with Gasteiger partial charge in [0.25, 0.3) is 5.69 Å². The molecule has 0 saturated heterocycles. The maximum atomic E-state index is 11.7. The molecule has 108 valence electrons. The quantitative estimate of drug-likeness (QED) is 0.506. The van der Waals surface area contributed by atoms with Crippen molar-refractivity contribution in [2.45, 2.75) is 19.4 Å². The number of nitrogens with zero attached hydrogens (tertiary/aromatic N) is 1. The van der Waals surface area contributed by atoms with E-state index in [1.807, 2.05) is 0 Å². The summed E-state index contributed by atoms with van der Waals surface area (Å²) in [6.07, 6.45) is -0.258. The largest absolute Gasteiger partial charge is 0.480 e. The molecule has 1 amide bonds. The fourth-order valence-electron chi connectivity index (χ4n) is 1.59. The van der Waals surface area contributed by atoms with Crippen molar-refractivity contribution in [2.24, 2.45) is 0 Å². The second kappa shape index (κ2) is 7.19. The van der Waals surface area contributed by atoms with Crippen molar-refractivity contribution in [1.82, 2.24) is 5.32 Å². The van der Waals surface area contributed by atoms with Gasteiger partial charge in [-0.1, -0.05) is 13.0 Å². The summed E-state index contributed by atoms with van der Waals surface area (Å²) in [5.74, 6) is -1.65. The Hall–Kier alpha value is -2.48. The fourth-order valence-corrected chi connectivity index (χ4v) is 1.59. The van der Waals surface area contributed by atoms with Gasteiger partial charge in [0.05, 0.1) is 11.3 Å². The van der Waals surface area contributed by atoms with Gasteiger partial charge in [-0.15, -0.1) is 0 Å². The van der Waals surface area contributed by atoms with Crippen molar-refractivity contribution < 1.29 is 19.6 Å². The highest BCUT2D eigenvalue weighted by molar-refractivity contribution is 5.94. The van der Waals surface area contributed by atoms with E-state index in [0.29, 0.717) is 6.54 Å². The number of nitro benzene ring substituents is 1. The molecule has 8 heteroatoms. The van der Waals surface area contributed by atoms with Gasteiger partial charge in [-0.05, 0) is 12.6 Å². The standard InChI is InChI=1S/C12H15N3O5/c1-2-13-10(12(17)18)7-11(16)14-8-4-3-5-9(6-8)15(19)20/h3-6,10,13H,2,7H2,1H3,(H,14,16)(H,17,18). The number of nitro groups is 1. The maximum absolute atomic E-state index is 11.7. The molecule has 0 fully saturated rings. The number of nitrogens with one attached hydrogen (secondary N) is 2. The van der Waals surface area contributed by atoms with Crippen molar-refractivity contribution in [1.29, 1.82) is 0 Å². The number of non-ortho nitro benzene ring substituents is 1. The Morgan fingerprint density at radius 2 is 2.15 bits per heavy atom. The van der Waals surface area contributed by atoms with Crippen LogP contribution in [0.5, 0.6) is 0 Å². The third-order valence-electron chi connectivity index (χ3n) is 2.48. The highest BCUT2D eigenvalue weighted by atomic mass is 16.6. The van der Waals surface area contributed by atoms with Crippen LogP contribution in [0.25, 0.3) is 0 Å². The topological polar surface area (TPSA) is 122 Å². The van der Waals surface area contributed by atoms with Crippen molar-refractivity contribution in [3.63, 3.8) is 0 Å². The lowest BCUT2D eigenvalue weighted by molar-refractivity contribution is -0.384. The summed E-state index contributed by atoms with van der Waals surface area (Å²) < 4.78 is 0. The first-order valence-corrected chi connectivity index (χ1v) is 5.94. The Morgan fingerprint density at radius 1 is 1.45 bits per heavy atom. The lowest BCUT2D eigenvalue weighted by atomic mass is 10.2. The third kappa shape index (κ3) is 4.65. The molecule has 0 bridgehead atoms. The number of carboxylic acid groups (broad SMARTS) is 1. The second-order valence-corrected chi connectivity index (χ2v) is 4.01. The van der Waals surface area contributed by atoms with Gasteiger partial charge < -0.3 is 15.7 Å². The van der Waals surface area contributed by atoms with E-state index in [-0.39, 0.29) is 17.8 Å². The number of hydrogen-bond donors (Lipinski definition) is 3. The third-order valence-corrected chi connectivity index (χ3v) is 2.48. The van der Waals surface area contributed by atoms with Crippen LogP contribution in [-0.2, 0) is 9.59 Å². The molecular formula is C12H15N3O5. The summed E-state index contributed by atoms with van der Waals surface area (Å²) in [4.78, 5) is 32.6. The van der Waals surface area contributed by atoms with Gasteiger partial charge in [-0.25, -0.2) is 0 Å². The zero-order chi connectivity index (χ0) is 15.1. The average Bonchev–Trinajstić information content (AvgIpc) is 2.38. The van der Waals surface area contributed by atoms with Crippen LogP contribution in [0.15, 0.2) is 24.3 Å². The summed E-state index contributed by atoms with van der Waals surface area (Å²) in [5.41, 5.74) is 0.106. The van der Waals surface area contributed by atoms with Crippen LogP contribution in [-0.4, -0.2) is 34.5 Å². The first kappa shape index (κ1) is 15.6. The van der Waals surface area contributed by atoms with Gasteiger partial charge in [0.1, 0.15) is 6.04 Å². The first-order chi connectivity index (χ1) is 9.43. The van der Waals surface area contributed by atoms with Gasteiger partial charge in [-0.2, -0.15) is 0 Å². The van der Waals surface area contributed by atoms with E-state index < -0.39 is 22.8 Å². The summed E-state index contributed by atoms with van der Waals surface area (Å²) in [6.45, 7) is 2.15. The molecule has 1 atom stereocenters. The molecule has 0 spiro atoms. The summed E-state index contributed by atoms with van der Waals surface area (Å²) >= 11 is 0. The molecule has 0 radical (unpaired) electrons. The van der Waals surface area contributed by atoms with E-state index in [1.165, 1.54) is 24.3 Å². The van der Waals surface area contributed by atoms with E-state index >= 15 is 0 Å². The molecule has 1 aromatic carbocycles. The Labute approximate surface area is 114 Å². The van der Waals surface area contributed by atoms with Gasteiger partial charge >= 0.3 is 5.97 Å². The highest BCUT2D eigenvalue weighted by Crippen LogP contribution is 2.17. The monoisotopic (exact) mass is 281 g/mol. The predicted molar refractivity (Wildman–Crippen MR) is 71.4 cm³/mol. The molecular weight excluding hydrogens is 266 g/mol. The molecule has 1 aromatic rings. The van der Waals surface area contributed by atoms with Crippen molar-refractivity contribution in [3.8, 4) is 0 Å². The normalized spacial score (nSPS) is 11.7. The van der Waals surface area contributed by atoms with E-state index in [2.05, 4.69) is 10.6 Å². The van der Waals surface area contributed by atoms with Crippen molar-refractivity contribution >= 4 is 23.3 Å². The lowest BCUT2D eigenvalue weighted by Gasteiger charge is -2.12. The minimum atomic E-state index is -1.12. The number of anilines is 1. The molecule has 0 aliphatic heterocycles. The minimum Gasteiger partial charge on any atom is -0.480 e. The molecule has 8 nitrogen and oxygen atoms in total. The fraction of sp³-hybridized carbons (Fsp3) is 0.333. The number of hydrogen-bond acceptors (Lipinski definition) is 5. The summed E-state index contributed by atoms with van der Waals surface area (Å²) in [5, 5.41) is 24.6. The second-order valence-electron chi connectivity index (χ2n) is 4.01. The van der Waals surface area contributed by atoms with Crippen LogP contribution in [0.3, 0.4) is 0 Å².